The van der Waals surface area contributed by atoms with Gasteiger partial charge in [0.15, 0.2) is 0 Å². The Morgan fingerprint density at radius 2 is 2.00 bits per heavy atom. The summed E-state index contributed by atoms with van der Waals surface area (Å²) in [6.07, 6.45) is 7.25. The first-order valence-electron chi connectivity index (χ1n) is 3.38. The summed E-state index contributed by atoms with van der Waals surface area (Å²) in [5.41, 5.74) is 0. The molecule has 10 heavy (non-hydrogen) atoms. The highest BCUT2D eigenvalue weighted by atomic mass is 14.8. The van der Waals surface area contributed by atoms with Crippen molar-refractivity contribution >= 4 is 12.6 Å². The van der Waals surface area contributed by atoms with Crippen LogP contribution in [0.1, 0.15) is 13.8 Å². The Labute approximate surface area is 62.4 Å². The summed E-state index contributed by atoms with van der Waals surface area (Å²) < 4.78 is 0. The molecule has 0 rings (SSSR count). The molecule has 2 nitrogen and oxygen atoms in total. The van der Waals surface area contributed by atoms with Crippen molar-refractivity contribution in [2.45, 2.75) is 13.8 Å². The maximum atomic E-state index is 3.86. The highest BCUT2D eigenvalue weighted by molar-refractivity contribution is 5.79. The van der Waals surface area contributed by atoms with Crippen molar-refractivity contribution in [2.24, 2.45) is 15.9 Å². The molecule has 0 aliphatic rings. The molecule has 56 valence electrons. The predicted octanol–water partition coefficient (Wildman–Crippen LogP) is 1.93. The Hall–Kier alpha value is -0.920. The van der Waals surface area contributed by atoms with E-state index >= 15 is 0 Å². The van der Waals surface area contributed by atoms with Crippen LogP contribution < -0.4 is 0 Å². The molecule has 0 bridgehead atoms. The van der Waals surface area contributed by atoms with Gasteiger partial charge in [0.25, 0.3) is 0 Å². The molecule has 0 radical (unpaired) electrons. The van der Waals surface area contributed by atoms with Crippen molar-refractivity contribution in [1.82, 2.24) is 0 Å². The average Bonchev–Trinajstić information content (AvgIpc) is 1.87. The highest BCUT2D eigenvalue weighted by Gasteiger charge is 1.78. The maximum absolute atomic E-state index is 3.86. The third-order valence-electron chi connectivity index (χ3n) is 0.850. The second-order valence-corrected chi connectivity index (χ2v) is 2.30. The first-order valence-corrected chi connectivity index (χ1v) is 3.38. The van der Waals surface area contributed by atoms with Crippen molar-refractivity contribution in [3.05, 3.63) is 12.2 Å². The first kappa shape index (κ1) is 9.08. The van der Waals surface area contributed by atoms with Crippen molar-refractivity contribution in [3.8, 4) is 0 Å². The van der Waals surface area contributed by atoms with E-state index in [1.807, 2.05) is 6.08 Å². The average molecular weight is 138 g/mol. The van der Waals surface area contributed by atoms with Crippen molar-refractivity contribution in [2.75, 3.05) is 7.05 Å². The molecule has 0 saturated heterocycles. The second kappa shape index (κ2) is 6.20. The zero-order valence-electron chi connectivity index (χ0n) is 6.78. The van der Waals surface area contributed by atoms with E-state index in [0.29, 0.717) is 5.92 Å². The van der Waals surface area contributed by atoms with E-state index < -0.39 is 0 Å². The minimum Gasteiger partial charge on any atom is -0.277 e. The van der Waals surface area contributed by atoms with Gasteiger partial charge in [0.2, 0.25) is 0 Å². The topological polar surface area (TPSA) is 24.7 Å². The maximum Gasteiger partial charge on any atom is 0.109 e. The largest absolute Gasteiger partial charge is 0.277 e. The summed E-state index contributed by atoms with van der Waals surface area (Å²) in [5.74, 6) is 0.588. The lowest BCUT2D eigenvalue weighted by Crippen LogP contribution is -1.77. The lowest BCUT2D eigenvalue weighted by atomic mass is 10.2. The van der Waals surface area contributed by atoms with Gasteiger partial charge in [0.1, 0.15) is 6.34 Å². The Bertz CT molecular complexity index is 143. The van der Waals surface area contributed by atoms with Gasteiger partial charge in [0, 0.05) is 13.3 Å². The third kappa shape index (κ3) is 7.08. The van der Waals surface area contributed by atoms with Gasteiger partial charge in [0.05, 0.1) is 0 Å². The number of allylic oxidation sites excluding steroid dienone is 2. The molecule has 0 unspecified atom stereocenters. The molecule has 0 aromatic carbocycles. The van der Waals surface area contributed by atoms with Crippen LogP contribution in [0.3, 0.4) is 0 Å². The summed E-state index contributed by atoms with van der Waals surface area (Å²) in [4.78, 5) is 7.55. The molecule has 0 aliphatic carbocycles. The van der Waals surface area contributed by atoms with Crippen molar-refractivity contribution in [1.29, 1.82) is 0 Å². The lowest BCUT2D eigenvalue weighted by molar-refractivity contribution is 0.833. The van der Waals surface area contributed by atoms with E-state index in [1.165, 1.54) is 6.34 Å². The van der Waals surface area contributed by atoms with Crippen LogP contribution in [0.2, 0.25) is 0 Å². The van der Waals surface area contributed by atoms with Crippen LogP contribution in [-0.4, -0.2) is 19.6 Å². The van der Waals surface area contributed by atoms with Gasteiger partial charge in [-0.05, 0) is 12.0 Å². The number of hydrogen-bond donors (Lipinski definition) is 0. The number of aliphatic imine (C=N–C) groups is 2. The lowest BCUT2D eigenvalue weighted by Gasteiger charge is -1.87. The quantitative estimate of drug-likeness (QED) is 0.420. The summed E-state index contributed by atoms with van der Waals surface area (Å²) in [5, 5.41) is 0. The Morgan fingerprint density at radius 1 is 1.30 bits per heavy atom. The Morgan fingerprint density at radius 3 is 2.50 bits per heavy atom. The van der Waals surface area contributed by atoms with Crippen molar-refractivity contribution < 1.29 is 0 Å². The highest BCUT2D eigenvalue weighted by Crippen LogP contribution is 1.90. The summed E-state index contributed by atoms with van der Waals surface area (Å²) in [7, 11) is 1.70. The molecule has 0 amide bonds. The smallest absolute Gasteiger partial charge is 0.109 e. The SMILES string of the molecule is C\N=C/N=C\C=C\C(C)C. The van der Waals surface area contributed by atoms with E-state index in [-0.39, 0.29) is 0 Å². The van der Waals surface area contributed by atoms with Gasteiger partial charge in [-0.25, -0.2) is 4.99 Å². The third-order valence-corrected chi connectivity index (χ3v) is 0.850. The van der Waals surface area contributed by atoms with Crippen molar-refractivity contribution in [3.63, 3.8) is 0 Å². The minimum absolute atomic E-state index is 0.588. The number of hydrogen-bond acceptors (Lipinski definition) is 1. The van der Waals surface area contributed by atoms with E-state index in [0.717, 1.165) is 0 Å². The zero-order chi connectivity index (χ0) is 7.82. The van der Waals surface area contributed by atoms with E-state index in [1.54, 1.807) is 13.3 Å². The van der Waals surface area contributed by atoms with E-state index in [9.17, 15) is 0 Å². The molecule has 0 spiro atoms. The van der Waals surface area contributed by atoms with Crippen LogP contribution in [0.25, 0.3) is 0 Å². The van der Waals surface area contributed by atoms with Crippen LogP contribution in [-0.2, 0) is 0 Å². The fourth-order valence-corrected chi connectivity index (χ4v) is 0.427. The fraction of sp³-hybridized carbons (Fsp3) is 0.500. The Kier molecular flexibility index (Phi) is 5.63. The molecular weight excluding hydrogens is 124 g/mol. The van der Waals surface area contributed by atoms with E-state index in [4.69, 9.17) is 0 Å². The second-order valence-electron chi connectivity index (χ2n) is 2.30. The summed E-state index contributed by atoms with van der Waals surface area (Å²) in [6.45, 7) is 4.25. The van der Waals surface area contributed by atoms with Gasteiger partial charge in [-0.2, -0.15) is 0 Å². The molecular formula is C8H14N2. The molecule has 0 N–H and O–H groups in total. The number of rotatable bonds is 3. The van der Waals surface area contributed by atoms with Crippen LogP contribution in [0.4, 0.5) is 0 Å². The normalized spacial score (nSPS) is 13.2. The minimum atomic E-state index is 0.588. The van der Waals surface area contributed by atoms with Crippen LogP contribution >= 0.6 is 0 Å². The van der Waals surface area contributed by atoms with Gasteiger partial charge in [-0.15, -0.1) is 0 Å². The molecule has 0 fully saturated rings. The van der Waals surface area contributed by atoms with E-state index in [2.05, 4.69) is 29.9 Å². The molecule has 0 aromatic heterocycles. The molecule has 0 aromatic rings. The van der Waals surface area contributed by atoms with Gasteiger partial charge < -0.3 is 0 Å². The predicted molar refractivity (Wildman–Crippen MR) is 46.9 cm³/mol. The molecule has 0 saturated carbocycles. The fourth-order valence-electron chi connectivity index (χ4n) is 0.427. The van der Waals surface area contributed by atoms with Crippen LogP contribution in [0.5, 0.6) is 0 Å². The number of nitrogens with zero attached hydrogens (tertiary/aromatic N) is 2. The van der Waals surface area contributed by atoms with Crippen LogP contribution in [0, 0.1) is 5.92 Å². The van der Waals surface area contributed by atoms with Gasteiger partial charge in [-0.1, -0.05) is 19.9 Å². The summed E-state index contributed by atoms with van der Waals surface area (Å²) >= 11 is 0. The molecule has 0 atom stereocenters. The monoisotopic (exact) mass is 138 g/mol. The molecule has 2 heteroatoms. The first-order chi connectivity index (χ1) is 4.77. The molecule has 0 heterocycles. The Balaban J connectivity index is 3.51. The summed E-state index contributed by atoms with van der Waals surface area (Å²) in [6, 6.07) is 0. The van der Waals surface area contributed by atoms with Gasteiger partial charge in [-0.3, -0.25) is 4.99 Å². The standard InChI is InChI=1S/C8H14N2/c1-8(2)5-4-6-10-7-9-3/h4-8H,1-3H3/b5-4+,9-7-,10-6-. The zero-order valence-corrected chi connectivity index (χ0v) is 6.78. The van der Waals surface area contributed by atoms with Crippen LogP contribution in [0.15, 0.2) is 22.1 Å². The van der Waals surface area contributed by atoms with Gasteiger partial charge >= 0.3 is 0 Å². The molecule has 0 aliphatic heterocycles.